The zero-order valence-electron chi connectivity index (χ0n) is 18.8. The van der Waals surface area contributed by atoms with Crippen LogP contribution in [0.4, 0.5) is 0 Å². The molecule has 0 aliphatic heterocycles. The second-order valence-corrected chi connectivity index (χ2v) is 7.43. The van der Waals surface area contributed by atoms with Gasteiger partial charge in [-0.2, -0.15) is 0 Å². The maximum Gasteiger partial charge on any atom is 0.243 e. The summed E-state index contributed by atoms with van der Waals surface area (Å²) in [6, 6.07) is 8.02. The van der Waals surface area contributed by atoms with Crippen LogP contribution < -0.4 is 15.4 Å². The van der Waals surface area contributed by atoms with E-state index in [1.165, 1.54) is 5.56 Å². The van der Waals surface area contributed by atoms with Crippen LogP contribution in [0.3, 0.4) is 0 Å². The van der Waals surface area contributed by atoms with Crippen molar-refractivity contribution in [2.24, 2.45) is 10.9 Å². The van der Waals surface area contributed by atoms with Gasteiger partial charge in [0.2, 0.25) is 5.91 Å². The van der Waals surface area contributed by atoms with Gasteiger partial charge in [-0.3, -0.25) is 4.79 Å². The van der Waals surface area contributed by atoms with E-state index in [1.54, 1.807) is 26.1 Å². The first kappa shape index (κ1) is 24.8. The number of hydrogen-bond acceptors (Lipinski definition) is 4. The van der Waals surface area contributed by atoms with E-state index in [0.29, 0.717) is 25.0 Å². The molecule has 1 rings (SSSR count). The number of carbonyl (C=O) groups excluding carboxylic acids is 1. The number of guanidine groups is 1. The highest BCUT2D eigenvalue weighted by molar-refractivity contribution is 5.84. The molecule has 164 valence electrons. The minimum Gasteiger partial charge on any atom is -0.497 e. The van der Waals surface area contributed by atoms with Gasteiger partial charge in [-0.15, -0.1) is 0 Å². The van der Waals surface area contributed by atoms with Crippen molar-refractivity contribution in [3.8, 4) is 5.75 Å². The summed E-state index contributed by atoms with van der Waals surface area (Å²) in [4.78, 5) is 17.9. The predicted molar refractivity (Wildman–Crippen MR) is 119 cm³/mol. The van der Waals surface area contributed by atoms with Crippen molar-refractivity contribution < 1.29 is 14.3 Å². The Morgan fingerprint density at radius 3 is 2.34 bits per heavy atom. The Labute approximate surface area is 175 Å². The van der Waals surface area contributed by atoms with Gasteiger partial charge in [-0.1, -0.05) is 26.0 Å². The van der Waals surface area contributed by atoms with Gasteiger partial charge in [0.1, 0.15) is 12.3 Å². The van der Waals surface area contributed by atoms with Crippen molar-refractivity contribution >= 4 is 11.9 Å². The first-order valence-corrected chi connectivity index (χ1v) is 10.3. The highest BCUT2D eigenvalue weighted by Crippen LogP contribution is 2.11. The molecular weight excluding hydrogens is 368 g/mol. The van der Waals surface area contributed by atoms with E-state index in [2.05, 4.69) is 41.6 Å². The van der Waals surface area contributed by atoms with E-state index in [4.69, 9.17) is 9.47 Å². The Morgan fingerprint density at radius 1 is 1.14 bits per heavy atom. The van der Waals surface area contributed by atoms with Crippen LogP contribution in [0, 0.1) is 5.92 Å². The number of hydrogen-bond donors (Lipinski definition) is 2. The highest BCUT2D eigenvalue weighted by atomic mass is 16.5. The van der Waals surface area contributed by atoms with E-state index in [1.807, 2.05) is 19.1 Å². The van der Waals surface area contributed by atoms with Gasteiger partial charge >= 0.3 is 0 Å². The average molecular weight is 407 g/mol. The lowest BCUT2D eigenvalue weighted by Gasteiger charge is -2.21. The first-order valence-electron chi connectivity index (χ1n) is 10.3. The molecule has 0 saturated heterocycles. The summed E-state index contributed by atoms with van der Waals surface area (Å²) in [6.07, 6.45) is 1.93. The van der Waals surface area contributed by atoms with Crippen LogP contribution in [0.2, 0.25) is 0 Å². The summed E-state index contributed by atoms with van der Waals surface area (Å²) in [5, 5.41) is 6.65. The molecule has 2 N–H and O–H groups in total. The molecule has 1 atom stereocenters. The second-order valence-electron chi connectivity index (χ2n) is 7.43. The smallest absolute Gasteiger partial charge is 0.243 e. The number of ether oxygens (including phenoxy) is 2. The van der Waals surface area contributed by atoms with Crippen LogP contribution >= 0.6 is 0 Å². The fourth-order valence-corrected chi connectivity index (χ4v) is 2.74. The lowest BCUT2D eigenvalue weighted by Crippen LogP contribution is -2.41. The van der Waals surface area contributed by atoms with Crippen LogP contribution in [-0.2, 0) is 16.0 Å². The number of nitrogens with one attached hydrogen (secondary N) is 2. The largest absolute Gasteiger partial charge is 0.497 e. The minimum absolute atomic E-state index is 0.0318. The Kier molecular flexibility index (Phi) is 11.8. The number of benzene rings is 1. The summed E-state index contributed by atoms with van der Waals surface area (Å²) in [5.41, 5.74) is 1.21. The molecule has 1 aromatic carbocycles. The Bertz CT molecular complexity index is 615. The number of aliphatic imine (C=N–C) groups is 1. The molecule has 0 saturated carbocycles. The summed E-state index contributed by atoms with van der Waals surface area (Å²) < 4.78 is 11.0. The summed E-state index contributed by atoms with van der Waals surface area (Å²) in [6.45, 7) is 8.62. The summed E-state index contributed by atoms with van der Waals surface area (Å²) in [7, 11) is 5.13. The topological polar surface area (TPSA) is 75.2 Å². The monoisotopic (exact) mass is 406 g/mol. The van der Waals surface area contributed by atoms with Gasteiger partial charge in [0.25, 0.3) is 0 Å². The SMILES string of the molecule is CCOC(CCNC(=NCC(=O)N(C)C)NCCc1ccc(OC)cc1)C(C)C. The molecule has 0 aliphatic carbocycles. The maximum absolute atomic E-state index is 11.9. The molecule has 1 unspecified atom stereocenters. The Morgan fingerprint density at radius 2 is 1.79 bits per heavy atom. The van der Waals surface area contributed by atoms with Crippen molar-refractivity contribution in [1.29, 1.82) is 0 Å². The molecule has 0 spiro atoms. The van der Waals surface area contributed by atoms with Gasteiger partial charge in [0, 0.05) is 33.8 Å². The van der Waals surface area contributed by atoms with Crippen molar-refractivity contribution in [3.05, 3.63) is 29.8 Å². The fraction of sp³-hybridized carbons (Fsp3) is 0.636. The second kappa shape index (κ2) is 13.8. The molecule has 0 heterocycles. The standard InChI is InChI=1S/C22H38N4O3/c1-7-29-20(17(2)3)13-15-24-22(25-16-21(27)26(4)5)23-14-12-18-8-10-19(28-6)11-9-18/h8-11,17,20H,7,12-16H2,1-6H3,(H2,23,24,25). The van der Waals surface area contributed by atoms with Crippen molar-refractivity contribution in [2.45, 2.75) is 39.7 Å². The molecule has 7 heteroatoms. The Balaban J connectivity index is 2.59. The van der Waals surface area contributed by atoms with Gasteiger partial charge in [-0.25, -0.2) is 4.99 Å². The Hall–Kier alpha value is -2.28. The minimum atomic E-state index is -0.0318. The normalized spacial score (nSPS) is 12.6. The van der Waals surface area contributed by atoms with Crippen molar-refractivity contribution in [1.82, 2.24) is 15.5 Å². The fourth-order valence-electron chi connectivity index (χ4n) is 2.74. The van der Waals surface area contributed by atoms with Crippen LogP contribution in [0.5, 0.6) is 5.75 Å². The first-order chi connectivity index (χ1) is 13.9. The van der Waals surface area contributed by atoms with E-state index in [0.717, 1.165) is 25.1 Å². The number of nitrogens with zero attached hydrogens (tertiary/aromatic N) is 2. The zero-order chi connectivity index (χ0) is 21.6. The number of amides is 1. The zero-order valence-corrected chi connectivity index (χ0v) is 18.8. The summed E-state index contributed by atoms with van der Waals surface area (Å²) in [5.74, 6) is 1.92. The van der Waals surface area contributed by atoms with Crippen LogP contribution in [0.1, 0.15) is 32.8 Å². The molecule has 0 radical (unpaired) electrons. The number of rotatable bonds is 12. The third-order valence-electron chi connectivity index (χ3n) is 4.58. The van der Waals surface area contributed by atoms with E-state index in [-0.39, 0.29) is 18.6 Å². The van der Waals surface area contributed by atoms with E-state index >= 15 is 0 Å². The molecule has 0 aliphatic rings. The van der Waals surface area contributed by atoms with Crippen molar-refractivity contribution in [3.63, 3.8) is 0 Å². The molecule has 1 aromatic rings. The number of methoxy groups -OCH3 is 1. The van der Waals surface area contributed by atoms with Crippen LogP contribution in [0.25, 0.3) is 0 Å². The van der Waals surface area contributed by atoms with Gasteiger partial charge in [0.15, 0.2) is 5.96 Å². The van der Waals surface area contributed by atoms with E-state index < -0.39 is 0 Å². The lowest BCUT2D eigenvalue weighted by atomic mass is 10.0. The average Bonchev–Trinajstić information content (AvgIpc) is 2.70. The molecular formula is C22H38N4O3. The van der Waals surface area contributed by atoms with Gasteiger partial charge < -0.3 is 25.0 Å². The molecule has 29 heavy (non-hydrogen) atoms. The highest BCUT2D eigenvalue weighted by Gasteiger charge is 2.13. The number of carbonyl (C=O) groups is 1. The molecule has 7 nitrogen and oxygen atoms in total. The van der Waals surface area contributed by atoms with Crippen molar-refractivity contribution in [2.75, 3.05) is 47.4 Å². The van der Waals surface area contributed by atoms with Gasteiger partial charge in [-0.05, 0) is 43.4 Å². The number of likely N-dealkylation sites (N-methyl/N-ethyl adjacent to an activating group) is 1. The predicted octanol–water partition coefficient (Wildman–Crippen LogP) is 2.31. The van der Waals surface area contributed by atoms with E-state index in [9.17, 15) is 4.79 Å². The third kappa shape index (κ3) is 10.2. The van der Waals surface area contributed by atoms with Crippen LogP contribution in [-0.4, -0.2) is 70.3 Å². The lowest BCUT2D eigenvalue weighted by molar-refractivity contribution is -0.127. The summed E-state index contributed by atoms with van der Waals surface area (Å²) >= 11 is 0. The van der Waals surface area contributed by atoms with Gasteiger partial charge in [0.05, 0.1) is 13.2 Å². The molecule has 0 fully saturated rings. The maximum atomic E-state index is 11.9. The quantitative estimate of drug-likeness (QED) is 0.412. The van der Waals surface area contributed by atoms with Crippen LogP contribution in [0.15, 0.2) is 29.3 Å². The molecule has 0 aromatic heterocycles. The third-order valence-corrected chi connectivity index (χ3v) is 4.58. The molecule has 1 amide bonds. The molecule has 0 bridgehead atoms.